The van der Waals surface area contributed by atoms with Gasteiger partial charge >= 0.3 is 0 Å². The van der Waals surface area contributed by atoms with Crippen LogP contribution in [0.3, 0.4) is 0 Å². The highest BCUT2D eigenvalue weighted by molar-refractivity contribution is 5.82. The van der Waals surface area contributed by atoms with Gasteiger partial charge in [0, 0.05) is 24.4 Å². The van der Waals surface area contributed by atoms with E-state index in [1.807, 2.05) is 12.1 Å². The highest BCUT2D eigenvalue weighted by atomic mass is 16.2. The van der Waals surface area contributed by atoms with Gasteiger partial charge in [-0.25, -0.2) is 0 Å². The minimum absolute atomic E-state index is 0.169. The number of nitrogens with one attached hydrogen (secondary N) is 1. The van der Waals surface area contributed by atoms with E-state index in [4.69, 9.17) is 0 Å². The lowest BCUT2D eigenvalue weighted by atomic mass is 9.80. The largest absolute Gasteiger partial charge is 0.352 e. The van der Waals surface area contributed by atoms with Gasteiger partial charge in [-0.2, -0.15) is 0 Å². The van der Waals surface area contributed by atoms with Crippen molar-refractivity contribution in [2.45, 2.75) is 53.0 Å². The lowest BCUT2D eigenvalue weighted by Crippen LogP contribution is -2.38. The highest BCUT2D eigenvalue weighted by Gasteiger charge is 2.30. The van der Waals surface area contributed by atoms with Crippen LogP contribution in [0.25, 0.3) is 0 Å². The van der Waals surface area contributed by atoms with Gasteiger partial charge in [0.25, 0.3) is 0 Å². The maximum Gasteiger partial charge on any atom is 0.226 e. The summed E-state index contributed by atoms with van der Waals surface area (Å²) in [5.74, 6) is 0.169. The van der Waals surface area contributed by atoms with Gasteiger partial charge in [0.15, 0.2) is 0 Å². The van der Waals surface area contributed by atoms with Crippen LogP contribution in [-0.2, 0) is 11.3 Å². The zero-order valence-electron chi connectivity index (χ0n) is 11.7. The molecule has 0 aliphatic rings. The SMILES string of the molecule is CCCC(C)(CCC)C(=O)NCc1ccncc1. The molecule has 1 heterocycles. The van der Waals surface area contributed by atoms with Crippen LogP contribution in [0, 0.1) is 5.41 Å². The Bertz CT molecular complexity index is 356. The Hall–Kier alpha value is -1.38. The fourth-order valence-electron chi connectivity index (χ4n) is 2.35. The number of carbonyl (C=O) groups excluding carboxylic acids is 1. The van der Waals surface area contributed by atoms with Crippen molar-refractivity contribution in [2.24, 2.45) is 5.41 Å². The third-order valence-electron chi connectivity index (χ3n) is 3.35. The number of pyridine rings is 1. The fraction of sp³-hybridized carbons (Fsp3) is 0.600. The van der Waals surface area contributed by atoms with E-state index in [0.717, 1.165) is 31.2 Å². The number of aromatic nitrogens is 1. The smallest absolute Gasteiger partial charge is 0.226 e. The van der Waals surface area contributed by atoms with Crippen LogP contribution in [0.15, 0.2) is 24.5 Å². The van der Waals surface area contributed by atoms with E-state index in [1.165, 1.54) is 0 Å². The van der Waals surface area contributed by atoms with Crippen molar-refractivity contribution in [3.05, 3.63) is 30.1 Å². The molecule has 3 nitrogen and oxygen atoms in total. The first kappa shape index (κ1) is 14.7. The van der Waals surface area contributed by atoms with Crippen molar-refractivity contribution < 1.29 is 4.79 Å². The van der Waals surface area contributed by atoms with Crippen molar-refractivity contribution in [2.75, 3.05) is 0 Å². The lowest BCUT2D eigenvalue weighted by molar-refractivity contribution is -0.131. The lowest BCUT2D eigenvalue weighted by Gasteiger charge is -2.27. The number of carbonyl (C=O) groups is 1. The van der Waals surface area contributed by atoms with Crippen molar-refractivity contribution in [3.8, 4) is 0 Å². The summed E-state index contributed by atoms with van der Waals surface area (Å²) >= 11 is 0. The quantitative estimate of drug-likeness (QED) is 0.804. The Morgan fingerprint density at radius 2 is 1.78 bits per heavy atom. The van der Waals surface area contributed by atoms with Crippen LogP contribution < -0.4 is 5.32 Å². The number of rotatable bonds is 7. The Balaban J connectivity index is 2.57. The van der Waals surface area contributed by atoms with Gasteiger partial charge in [-0.05, 0) is 30.5 Å². The number of amides is 1. The summed E-state index contributed by atoms with van der Waals surface area (Å²) in [6, 6.07) is 3.86. The normalized spacial score (nSPS) is 11.3. The van der Waals surface area contributed by atoms with Crippen LogP contribution >= 0.6 is 0 Å². The molecule has 100 valence electrons. The van der Waals surface area contributed by atoms with Crippen molar-refractivity contribution in [3.63, 3.8) is 0 Å². The Labute approximate surface area is 110 Å². The first-order chi connectivity index (χ1) is 8.62. The molecule has 3 heteroatoms. The average molecular weight is 248 g/mol. The summed E-state index contributed by atoms with van der Waals surface area (Å²) in [5.41, 5.74) is 0.866. The third-order valence-corrected chi connectivity index (χ3v) is 3.35. The Morgan fingerprint density at radius 1 is 1.22 bits per heavy atom. The van der Waals surface area contributed by atoms with Crippen LogP contribution in [-0.4, -0.2) is 10.9 Å². The maximum atomic E-state index is 12.3. The first-order valence-electron chi connectivity index (χ1n) is 6.79. The maximum absolute atomic E-state index is 12.3. The molecule has 0 aromatic carbocycles. The molecular weight excluding hydrogens is 224 g/mol. The van der Waals surface area contributed by atoms with Crippen molar-refractivity contribution >= 4 is 5.91 Å². The number of hydrogen-bond donors (Lipinski definition) is 1. The van der Waals surface area contributed by atoms with Crippen LogP contribution in [0.4, 0.5) is 0 Å². The van der Waals surface area contributed by atoms with Crippen molar-refractivity contribution in [1.82, 2.24) is 10.3 Å². The van der Waals surface area contributed by atoms with Crippen LogP contribution in [0.1, 0.15) is 52.0 Å². The topological polar surface area (TPSA) is 42.0 Å². The van der Waals surface area contributed by atoms with Gasteiger partial charge in [-0.1, -0.05) is 33.6 Å². The summed E-state index contributed by atoms with van der Waals surface area (Å²) < 4.78 is 0. The van der Waals surface area contributed by atoms with E-state index >= 15 is 0 Å². The molecule has 0 fully saturated rings. The molecule has 0 unspecified atom stereocenters. The second-order valence-electron chi connectivity index (χ2n) is 5.10. The molecule has 0 spiro atoms. The molecule has 0 bridgehead atoms. The van der Waals surface area contributed by atoms with E-state index in [2.05, 4.69) is 31.1 Å². The summed E-state index contributed by atoms with van der Waals surface area (Å²) in [4.78, 5) is 16.3. The minimum Gasteiger partial charge on any atom is -0.352 e. The minimum atomic E-state index is -0.226. The second kappa shape index (κ2) is 7.14. The van der Waals surface area contributed by atoms with Crippen molar-refractivity contribution in [1.29, 1.82) is 0 Å². The van der Waals surface area contributed by atoms with Gasteiger partial charge < -0.3 is 5.32 Å². The molecule has 0 radical (unpaired) electrons. The Kier molecular flexibility index (Phi) is 5.83. The fourth-order valence-corrected chi connectivity index (χ4v) is 2.35. The molecule has 0 saturated carbocycles. The molecule has 0 saturated heterocycles. The third kappa shape index (κ3) is 4.13. The number of nitrogens with zero attached hydrogens (tertiary/aromatic N) is 1. The molecule has 1 N–H and O–H groups in total. The van der Waals surface area contributed by atoms with Gasteiger partial charge in [0.2, 0.25) is 5.91 Å². The van der Waals surface area contributed by atoms with Gasteiger partial charge in [-0.15, -0.1) is 0 Å². The van der Waals surface area contributed by atoms with Gasteiger partial charge in [-0.3, -0.25) is 9.78 Å². The molecule has 0 aliphatic heterocycles. The van der Waals surface area contributed by atoms with Gasteiger partial charge in [0.1, 0.15) is 0 Å². The molecule has 0 atom stereocenters. The first-order valence-corrected chi connectivity index (χ1v) is 6.79. The predicted octanol–water partition coefficient (Wildman–Crippen LogP) is 3.30. The van der Waals surface area contributed by atoms with E-state index in [1.54, 1.807) is 12.4 Å². The average Bonchev–Trinajstić information content (AvgIpc) is 2.37. The second-order valence-corrected chi connectivity index (χ2v) is 5.10. The summed E-state index contributed by atoms with van der Waals surface area (Å²) in [5, 5.41) is 3.04. The molecule has 0 aliphatic carbocycles. The molecule has 1 aromatic heterocycles. The molecular formula is C15H24N2O. The summed E-state index contributed by atoms with van der Waals surface area (Å²) in [6.45, 7) is 6.92. The number of hydrogen-bond acceptors (Lipinski definition) is 2. The van der Waals surface area contributed by atoms with Crippen LogP contribution in [0.2, 0.25) is 0 Å². The monoisotopic (exact) mass is 248 g/mol. The molecule has 1 rings (SSSR count). The standard InChI is InChI=1S/C15H24N2O/c1-4-8-15(3,9-5-2)14(18)17-12-13-6-10-16-11-7-13/h6-7,10-11H,4-5,8-9,12H2,1-3H3,(H,17,18). The van der Waals surface area contributed by atoms with E-state index < -0.39 is 0 Å². The summed E-state index contributed by atoms with van der Waals surface area (Å²) in [6.07, 6.45) is 7.47. The van der Waals surface area contributed by atoms with Crippen LogP contribution in [0.5, 0.6) is 0 Å². The van der Waals surface area contributed by atoms with Gasteiger partial charge in [0.05, 0.1) is 0 Å². The Morgan fingerprint density at radius 3 is 2.28 bits per heavy atom. The molecule has 1 amide bonds. The van der Waals surface area contributed by atoms with E-state index in [9.17, 15) is 4.79 Å². The predicted molar refractivity (Wildman–Crippen MR) is 74.0 cm³/mol. The highest BCUT2D eigenvalue weighted by Crippen LogP contribution is 2.29. The summed E-state index contributed by atoms with van der Waals surface area (Å²) in [7, 11) is 0. The van der Waals surface area contributed by atoms with E-state index in [-0.39, 0.29) is 11.3 Å². The zero-order chi connectivity index (χ0) is 13.4. The molecule has 1 aromatic rings. The molecule has 18 heavy (non-hydrogen) atoms. The van der Waals surface area contributed by atoms with E-state index in [0.29, 0.717) is 6.54 Å². The zero-order valence-corrected chi connectivity index (χ0v) is 11.7.